The molecule has 1 aliphatic heterocycles. The molecule has 6 heteroatoms. The van der Waals surface area contributed by atoms with Gasteiger partial charge < -0.3 is 10.2 Å². The van der Waals surface area contributed by atoms with Gasteiger partial charge in [0.25, 0.3) is 11.8 Å². The topological polar surface area (TPSA) is 62.3 Å². The third-order valence-corrected chi connectivity index (χ3v) is 6.03. The molecule has 2 aromatic carbocycles. The lowest BCUT2D eigenvalue weighted by Crippen LogP contribution is -2.33. The van der Waals surface area contributed by atoms with Crippen LogP contribution in [0.15, 0.2) is 76.8 Å². The van der Waals surface area contributed by atoms with E-state index in [0.29, 0.717) is 11.3 Å². The Labute approximate surface area is 166 Å². The van der Waals surface area contributed by atoms with E-state index in [9.17, 15) is 9.59 Å². The lowest BCUT2D eigenvalue weighted by molar-refractivity contribution is 0.0981. The standard InChI is InChI=1S/C22H17N3O2S/c26-21(14-9-11-23-12-10-14)24-15-5-8-20-18(13-15)25(16-6-7-16)22(27)17-3-1-2-4-19(17)28-20/h1-5,8-13,16H,6-7H2,(H,24,26). The summed E-state index contributed by atoms with van der Waals surface area (Å²) in [5, 5.41) is 2.93. The van der Waals surface area contributed by atoms with E-state index in [2.05, 4.69) is 10.3 Å². The van der Waals surface area contributed by atoms with Crippen molar-refractivity contribution < 1.29 is 9.59 Å². The fourth-order valence-electron chi connectivity index (χ4n) is 3.36. The maximum Gasteiger partial charge on any atom is 0.259 e. The normalized spacial score (nSPS) is 15.4. The third-order valence-electron chi connectivity index (χ3n) is 4.89. The molecule has 1 aliphatic carbocycles. The van der Waals surface area contributed by atoms with Gasteiger partial charge in [-0.3, -0.25) is 14.6 Å². The number of benzene rings is 2. The van der Waals surface area contributed by atoms with Crippen LogP contribution in [0, 0.1) is 0 Å². The van der Waals surface area contributed by atoms with Crippen molar-refractivity contribution in [3.63, 3.8) is 0 Å². The van der Waals surface area contributed by atoms with Crippen molar-refractivity contribution in [3.05, 3.63) is 78.1 Å². The molecule has 3 aromatic rings. The smallest absolute Gasteiger partial charge is 0.259 e. The zero-order valence-corrected chi connectivity index (χ0v) is 15.8. The number of hydrogen-bond donors (Lipinski definition) is 1. The van der Waals surface area contributed by atoms with E-state index < -0.39 is 0 Å². The van der Waals surface area contributed by atoms with Crippen LogP contribution < -0.4 is 10.2 Å². The number of nitrogens with zero attached hydrogens (tertiary/aromatic N) is 2. The molecule has 5 nitrogen and oxygen atoms in total. The van der Waals surface area contributed by atoms with Crippen LogP contribution in [0.5, 0.6) is 0 Å². The van der Waals surface area contributed by atoms with Crippen LogP contribution in [0.1, 0.15) is 33.6 Å². The number of nitrogens with one attached hydrogen (secondary N) is 1. The number of anilines is 2. The number of carbonyl (C=O) groups is 2. The minimum absolute atomic E-state index is 0.0296. The quantitative estimate of drug-likeness (QED) is 0.713. The lowest BCUT2D eigenvalue weighted by Gasteiger charge is -2.23. The molecule has 2 aliphatic rings. The SMILES string of the molecule is O=C(Nc1ccc2c(c1)N(C1CC1)C(=O)c1ccccc1S2)c1ccncc1. The van der Waals surface area contributed by atoms with E-state index in [1.165, 1.54) is 0 Å². The molecule has 0 spiro atoms. The van der Waals surface area contributed by atoms with Gasteiger partial charge >= 0.3 is 0 Å². The van der Waals surface area contributed by atoms with Crippen LogP contribution in [0.4, 0.5) is 11.4 Å². The second kappa shape index (κ2) is 6.80. The summed E-state index contributed by atoms with van der Waals surface area (Å²) in [6.07, 6.45) is 5.19. The Bertz CT molecular complexity index is 1080. The largest absolute Gasteiger partial charge is 0.322 e. The number of hydrogen-bond acceptors (Lipinski definition) is 4. The van der Waals surface area contributed by atoms with Gasteiger partial charge in [-0.05, 0) is 55.3 Å². The van der Waals surface area contributed by atoms with Crippen molar-refractivity contribution in [1.82, 2.24) is 4.98 Å². The van der Waals surface area contributed by atoms with Crippen molar-refractivity contribution >= 4 is 35.0 Å². The van der Waals surface area contributed by atoms with Gasteiger partial charge in [0.1, 0.15) is 0 Å². The van der Waals surface area contributed by atoms with Gasteiger partial charge in [-0.25, -0.2) is 0 Å². The number of pyridine rings is 1. The van der Waals surface area contributed by atoms with Gasteiger partial charge in [0.05, 0.1) is 11.3 Å². The first-order valence-corrected chi connectivity index (χ1v) is 9.98. The summed E-state index contributed by atoms with van der Waals surface area (Å²) < 4.78 is 0. The van der Waals surface area contributed by atoms with E-state index in [1.807, 2.05) is 47.4 Å². The molecule has 2 heterocycles. The van der Waals surface area contributed by atoms with E-state index in [-0.39, 0.29) is 17.9 Å². The van der Waals surface area contributed by atoms with Gasteiger partial charge in [0.15, 0.2) is 0 Å². The molecule has 28 heavy (non-hydrogen) atoms. The van der Waals surface area contributed by atoms with Gasteiger partial charge in [0, 0.05) is 39.5 Å². The monoisotopic (exact) mass is 387 g/mol. The Morgan fingerprint density at radius 2 is 1.82 bits per heavy atom. The van der Waals surface area contributed by atoms with Crippen LogP contribution in [0.25, 0.3) is 0 Å². The number of amides is 2. The summed E-state index contributed by atoms with van der Waals surface area (Å²) >= 11 is 1.60. The van der Waals surface area contributed by atoms with Gasteiger partial charge in [0.2, 0.25) is 0 Å². The van der Waals surface area contributed by atoms with E-state index in [0.717, 1.165) is 33.9 Å². The summed E-state index contributed by atoms with van der Waals surface area (Å²) in [5.41, 5.74) is 2.81. The molecule has 0 atom stereocenters. The summed E-state index contributed by atoms with van der Waals surface area (Å²) in [7, 11) is 0. The molecular weight excluding hydrogens is 370 g/mol. The highest BCUT2D eigenvalue weighted by Crippen LogP contribution is 2.46. The minimum Gasteiger partial charge on any atom is -0.322 e. The zero-order chi connectivity index (χ0) is 19.1. The molecular formula is C22H17N3O2S. The van der Waals surface area contributed by atoms with Crippen LogP contribution in [0.2, 0.25) is 0 Å². The van der Waals surface area contributed by atoms with Crippen molar-refractivity contribution in [2.45, 2.75) is 28.7 Å². The number of aromatic nitrogens is 1. The molecule has 0 unspecified atom stereocenters. The first kappa shape index (κ1) is 17.0. The Kier molecular flexibility index (Phi) is 4.13. The van der Waals surface area contributed by atoms with Gasteiger partial charge in [-0.15, -0.1) is 0 Å². The fourth-order valence-corrected chi connectivity index (χ4v) is 4.41. The fraction of sp³-hybridized carbons (Fsp3) is 0.136. The van der Waals surface area contributed by atoms with Crippen LogP contribution in [-0.4, -0.2) is 22.8 Å². The molecule has 2 amide bonds. The van der Waals surface area contributed by atoms with Crippen molar-refractivity contribution in [2.24, 2.45) is 0 Å². The van der Waals surface area contributed by atoms with Crippen molar-refractivity contribution in [2.75, 3.05) is 10.2 Å². The van der Waals surface area contributed by atoms with Gasteiger partial charge in [-0.1, -0.05) is 23.9 Å². The highest BCUT2D eigenvalue weighted by atomic mass is 32.2. The molecule has 1 saturated carbocycles. The molecule has 5 rings (SSSR count). The predicted octanol–water partition coefficient (Wildman–Crippen LogP) is 4.61. The van der Waals surface area contributed by atoms with Gasteiger partial charge in [-0.2, -0.15) is 0 Å². The second-order valence-electron chi connectivity index (χ2n) is 6.88. The molecule has 1 aromatic heterocycles. The second-order valence-corrected chi connectivity index (χ2v) is 7.96. The predicted molar refractivity (Wildman–Crippen MR) is 109 cm³/mol. The maximum atomic E-state index is 13.3. The molecule has 0 radical (unpaired) electrons. The molecule has 1 N–H and O–H groups in total. The van der Waals surface area contributed by atoms with Crippen molar-refractivity contribution in [3.8, 4) is 0 Å². The summed E-state index contributed by atoms with van der Waals surface area (Å²) in [6, 6.07) is 17.1. The number of fused-ring (bicyclic) bond motifs is 2. The van der Waals surface area contributed by atoms with Crippen LogP contribution >= 0.6 is 11.8 Å². The molecule has 1 fully saturated rings. The zero-order valence-electron chi connectivity index (χ0n) is 15.0. The van der Waals surface area contributed by atoms with E-state index in [1.54, 1.807) is 36.3 Å². The molecule has 138 valence electrons. The Morgan fingerprint density at radius 3 is 2.61 bits per heavy atom. The first-order valence-electron chi connectivity index (χ1n) is 9.16. The molecule has 0 saturated heterocycles. The van der Waals surface area contributed by atoms with Crippen molar-refractivity contribution in [1.29, 1.82) is 0 Å². The highest BCUT2D eigenvalue weighted by Gasteiger charge is 2.38. The number of carbonyl (C=O) groups excluding carboxylic acids is 2. The minimum atomic E-state index is -0.198. The summed E-state index contributed by atoms with van der Waals surface area (Å²) in [5.74, 6) is -0.168. The Balaban J connectivity index is 1.53. The third kappa shape index (κ3) is 3.05. The number of rotatable bonds is 3. The van der Waals surface area contributed by atoms with Crippen LogP contribution in [0.3, 0.4) is 0 Å². The van der Waals surface area contributed by atoms with E-state index in [4.69, 9.17) is 0 Å². The molecule has 0 bridgehead atoms. The Morgan fingerprint density at radius 1 is 1.04 bits per heavy atom. The lowest BCUT2D eigenvalue weighted by atomic mass is 10.1. The average molecular weight is 387 g/mol. The first-order chi connectivity index (χ1) is 13.7. The highest BCUT2D eigenvalue weighted by molar-refractivity contribution is 7.99. The van der Waals surface area contributed by atoms with E-state index >= 15 is 0 Å². The summed E-state index contributed by atoms with van der Waals surface area (Å²) in [6.45, 7) is 0. The Hall–Kier alpha value is -3.12. The maximum absolute atomic E-state index is 13.3. The van der Waals surface area contributed by atoms with Crippen LogP contribution in [-0.2, 0) is 0 Å². The average Bonchev–Trinajstić information content (AvgIpc) is 3.56. The summed E-state index contributed by atoms with van der Waals surface area (Å²) in [4.78, 5) is 33.6.